The Hall–Kier alpha value is -3.80. The summed E-state index contributed by atoms with van der Waals surface area (Å²) >= 11 is 0. The third-order valence-corrected chi connectivity index (χ3v) is 4.88. The summed E-state index contributed by atoms with van der Waals surface area (Å²) in [5.74, 6) is 0.404. The van der Waals surface area contributed by atoms with E-state index in [1.807, 2.05) is 38.1 Å². The number of anilines is 1. The van der Waals surface area contributed by atoms with Crippen molar-refractivity contribution < 1.29 is 23.8 Å². The van der Waals surface area contributed by atoms with Gasteiger partial charge in [0.15, 0.2) is 0 Å². The second-order valence-electron chi connectivity index (χ2n) is 7.36. The summed E-state index contributed by atoms with van der Waals surface area (Å²) < 4.78 is 16.3. The van der Waals surface area contributed by atoms with E-state index in [1.54, 1.807) is 55.6 Å². The lowest BCUT2D eigenvalue weighted by Crippen LogP contribution is -2.26. The van der Waals surface area contributed by atoms with Gasteiger partial charge >= 0.3 is 5.97 Å². The number of carbonyl (C=O) groups excluding carboxylic acids is 2. The van der Waals surface area contributed by atoms with Gasteiger partial charge in [0.05, 0.1) is 20.1 Å². The summed E-state index contributed by atoms with van der Waals surface area (Å²) in [5, 5.41) is 2.89. The minimum atomic E-state index is -1.07. The largest absolute Gasteiger partial charge is 0.497 e. The molecule has 0 unspecified atom stereocenters. The molecule has 3 aromatic rings. The van der Waals surface area contributed by atoms with Crippen LogP contribution in [-0.4, -0.2) is 25.6 Å². The maximum Gasteiger partial charge on any atom is 0.310 e. The predicted molar refractivity (Wildman–Crippen MR) is 123 cm³/mol. The van der Waals surface area contributed by atoms with Crippen LogP contribution in [0, 0.1) is 13.8 Å². The van der Waals surface area contributed by atoms with E-state index in [0.717, 1.165) is 16.9 Å². The number of amides is 1. The van der Waals surface area contributed by atoms with Crippen LogP contribution in [0.4, 0.5) is 5.69 Å². The van der Waals surface area contributed by atoms with Gasteiger partial charge in [0.25, 0.3) is 5.91 Å². The maximum absolute atomic E-state index is 13.0. The standard InChI is InChI=1S/C26H27NO5/c1-18-9-10-19(2)23(17-18)27-26(29)25(20-7-5-4-6-8-20)32-24(28)15-16-31-22-13-11-21(30-3)12-14-22/h4-14,17,25H,15-16H2,1-3H3,(H,27,29)/t25-/m0/s1. The number of benzene rings is 3. The third-order valence-electron chi connectivity index (χ3n) is 4.88. The molecule has 0 aromatic heterocycles. The molecule has 1 amide bonds. The summed E-state index contributed by atoms with van der Waals surface area (Å²) in [5.41, 5.74) is 3.24. The van der Waals surface area contributed by atoms with E-state index in [0.29, 0.717) is 17.0 Å². The molecule has 0 saturated carbocycles. The Bertz CT molecular complexity index is 1050. The molecule has 0 bridgehead atoms. The molecule has 0 radical (unpaired) electrons. The summed E-state index contributed by atoms with van der Waals surface area (Å²) in [7, 11) is 1.59. The molecule has 0 spiro atoms. The van der Waals surface area contributed by atoms with Crippen LogP contribution in [-0.2, 0) is 14.3 Å². The Labute approximate surface area is 188 Å². The van der Waals surface area contributed by atoms with Crippen molar-refractivity contribution in [1.29, 1.82) is 0 Å². The first-order valence-corrected chi connectivity index (χ1v) is 10.4. The minimum absolute atomic E-state index is 0.00607. The van der Waals surface area contributed by atoms with Crippen LogP contribution in [0.2, 0.25) is 0 Å². The summed E-state index contributed by atoms with van der Waals surface area (Å²) in [6.45, 7) is 3.99. The molecule has 6 heteroatoms. The van der Waals surface area contributed by atoms with Crippen molar-refractivity contribution in [2.24, 2.45) is 0 Å². The Morgan fingerprint density at radius 1 is 0.906 bits per heavy atom. The van der Waals surface area contributed by atoms with E-state index in [4.69, 9.17) is 14.2 Å². The Morgan fingerprint density at radius 3 is 2.28 bits per heavy atom. The van der Waals surface area contributed by atoms with Gasteiger partial charge in [0.2, 0.25) is 6.10 Å². The van der Waals surface area contributed by atoms with Crippen molar-refractivity contribution in [3.8, 4) is 11.5 Å². The molecule has 166 valence electrons. The van der Waals surface area contributed by atoms with E-state index >= 15 is 0 Å². The zero-order valence-electron chi connectivity index (χ0n) is 18.5. The van der Waals surface area contributed by atoms with Gasteiger partial charge in [-0.05, 0) is 55.3 Å². The zero-order chi connectivity index (χ0) is 22.9. The number of ether oxygens (including phenoxy) is 3. The topological polar surface area (TPSA) is 73.9 Å². The molecule has 3 rings (SSSR count). The van der Waals surface area contributed by atoms with Crippen LogP contribution in [0.15, 0.2) is 72.8 Å². The third kappa shape index (κ3) is 6.35. The zero-order valence-corrected chi connectivity index (χ0v) is 18.5. The average molecular weight is 434 g/mol. The molecule has 32 heavy (non-hydrogen) atoms. The SMILES string of the molecule is COc1ccc(OCCC(=O)O[C@H](C(=O)Nc2cc(C)ccc2C)c2ccccc2)cc1. The fraction of sp³-hybridized carbons (Fsp3) is 0.231. The lowest BCUT2D eigenvalue weighted by molar-refractivity contribution is -0.155. The molecular weight excluding hydrogens is 406 g/mol. The normalized spacial score (nSPS) is 11.3. The molecule has 0 aliphatic rings. The van der Waals surface area contributed by atoms with Crippen molar-refractivity contribution in [3.63, 3.8) is 0 Å². The van der Waals surface area contributed by atoms with Crippen LogP contribution < -0.4 is 14.8 Å². The molecule has 0 heterocycles. The lowest BCUT2D eigenvalue weighted by atomic mass is 10.1. The smallest absolute Gasteiger partial charge is 0.310 e. The summed E-state index contributed by atoms with van der Waals surface area (Å²) in [4.78, 5) is 25.5. The Balaban J connectivity index is 1.64. The van der Waals surface area contributed by atoms with Gasteiger partial charge in [0.1, 0.15) is 11.5 Å². The van der Waals surface area contributed by atoms with Crippen LogP contribution in [0.5, 0.6) is 11.5 Å². The fourth-order valence-corrected chi connectivity index (χ4v) is 3.08. The first-order valence-electron chi connectivity index (χ1n) is 10.4. The highest BCUT2D eigenvalue weighted by molar-refractivity contribution is 5.96. The highest BCUT2D eigenvalue weighted by Gasteiger charge is 2.25. The van der Waals surface area contributed by atoms with Gasteiger partial charge < -0.3 is 19.5 Å². The van der Waals surface area contributed by atoms with Crippen molar-refractivity contribution in [2.45, 2.75) is 26.4 Å². The molecule has 3 aromatic carbocycles. The first kappa shape index (κ1) is 22.9. The molecule has 0 fully saturated rings. The van der Waals surface area contributed by atoms with Gasteiger partial charge in [-0.1, -0.05) is 42.5 Å². The summed E-state index contributed by atoms with van der Waals surface area (Å²) in [6.07, 6.45) is -1.06. The van der Waals surface area contributed by atoms with E-state index in [-0.39, 0.29) is 13.0 Å². The van der Waals surface area contributed by atoms with Crippen molar-refractivity contribution in [1.82, 2.24) is 0 Å². The Kier molecular flexibility index (Phi) is 7.86. The predicted octanol–water partition coefficient (Wildman–Crippen LogP) is 5.00. The Morgan fingerprint density at radius 2 is 1.59 bits per heavy atom. The lowest BCUT2D eigenvalue weighted by Gasteiger charge is -2.19. The monoisotopic (exact) mass is 433 g/mol. The number of esters is 1. The number of nitrogens with one attached hydrogen (secondary N) is 1. The van der Waals surface area contributed by atoms with Crippen molar-refractivity contribution in [3.05, 3.63) is 89.5 Å². The van der Waals surface area contributed by atoms with Gasteiger partial charge in [-0.25, -0.2) is 0 Å². The van der Waals surface area contributed by atoms with Crippen LogP contribution in [0.3, 0.4) is 0 Å². The molecule has 0 aliphatic heterocycles. The number of carbonyl (C=O) groups is 2. The van der Waals surface area contributed by atoms with E-state index in [2.05, 4.69) is 5.32 Å². The minimum Gasteiger partial charge on any atom is -0.497 e. The molecule has 6 nitrogen and oxygen atoms in total. The average Bonchev–Trinajstić information content (AvgIpc) is 2.81. The highest BCUT2D eigenvalue weighted by Crippen LogP contribution is 2.23. The van der Waals surface area contributed by atoms with Gasteiger partial charge in [0, 0.05) is 11.3 Å². The first-order chi connectivity index (χ1) is 15.5. The summed E-state index contributed by atoms with van der Waals surface area (Å²) in [6, 6.07) is 21.8. The van der Waals surface area contributed by atoms with E-state index in [9.17, 15) is 9.59 Å². The number of rotatable bonds is 9. The van der Waals surface area contributed by atoms with Gasteiger partial charge in [-0.15, -0.1) is 0 Å². The number of hydrogen-bond donors (Lipinski definition) is 1. The van der Waals surface area contributed by atoms with Crippen molar-refractivity contribution >= 4 is 17.6 Å². The maximum atomic E-state index is 13.0. The highest BCUT2D eigenvalue weighted by atomic mass is 16.6. The number of hydrogen-bond acceptors (Lipinski definition) is 5. The fourth-order valence-electron chi connectivity index (χ4n) is 3.08. The van der Waals surface area contributed by atoms with Gasteiger partial charge in [-0.3, -0.25) is 9.59 Å². The van der Waals surface area contributed by atoms with Crippen molar-refractivity contribution in [2.75, 3.05) is 19.0 Å². The van der Waals surface area contributed by atoms with E-state index < -0.39 is 18.0 Å². The number of methoxy groups -OCH3 is 1. The molecule has 0 saturated heterocycles. The number of aryl methyl sites for hydroxylation is 2. The second-order valence-corrected chi connectivity index (χ2v) is 7.36. The quantitative estimate of drug-likeness (QED) is 0.481. The van der Waals surface area contributed by atoms with Gasteiger partial charge in [-0.2, -0.15) is 0 Å². The van der Waals surface area contributed by atoms with E-state index in [1.165, 1.54) is 0 Å². The van der Waals surface area contributed by atoms with Crippen LogP contribution in [0.25, 0.3) is 0 Å². The van der Waals surface area contributed by atoms with Crippen LogP contribution >= 0.6 is 0 Å². The molecule has 1 atom stereocenters. The second kappa shape index (κ2) is 11.0. The van der Waals surface area contributed by atoms with Crippen LogP contribution in [0.1, 0.15) is 29.2 Å². The molecule has 0 aliphatic carbocycles. The molecular formula is C26H27NO5. The molecule has 1 N–H and O–H groups in total.